The van der Waals surface area contributed by atoms with Gasteiger partial charge in [0.1, 0.15) is 0 Å². The normalized spacial score (nSPS) is 10.8. The van der Waals surface area contributed by atoms with Crippen LogP contribution in [0.5, 0.6) is 0 Å². The lowest BCUT2D eigenvalue weighted by atomic mass is 10.3. The maximum absolute atomic E-state index is 12.3. The second kappa shape index (κ2) is 7.61. The zero-order chi connectivity index (χ0) is 15.1. The Bertz CT molecular complexity index is 576. The average molecular weight is 292 g/mol. The Morgan fingerprint density at radius 3 is 2.67 bits per heavy atom. The highest BCUT2D eigenvalue weighted by Crippen LogP contribution is 2.16. The summed E-state index contributed by atoms with van der Waals surface area (Å²) in [4.78, 5) is 21.1. The first-order valence-corrected chi connectivity index (χ1v) is 6.71. The molecule has 114 valence electrons. The number of ether oxygens (including phenoxy) is 2. The van der Waals surface area contributed by atoms with Crippen LogP contribution in [0.25, 0.3) is 11.0 Å². The van der Waals surface area contributed by atoms with Crippen LogP contribution >= 0.6 is 0 Å². The zero-order valence-electron chi connectivity index (χ0n) is 12.3. The van der Waals surface area contributed by atoms with Crippen molar-refractivity contribution in [2.24, 2.45) is 0 Å². The van der Waals surface area contributed by atoms with E-state index in [2.05, 4.69) is 15.3 Å². The van der Waals surface area contributed by atoms with E-state index in [1.807, 2.05) is 18.2 Å². The van der Waals surface area contributed by atoms with E-state index in [4.69, 9.17) is 9.47 Å². The minimum atomic E-state index is -0.178. The highest BCUT2D eigenvalue weighted by Gasteiger charge is 2.13. The Balaban J connectivity index is 2.01. The van der Waals surface area contributed by atoms with Crippen LogP contribution in [-0.2, 0) is 9.47 Å². The summed E-state index contributed by atoms with van der Waals surface area (Å²) >= 11 is 0. The molecule has 0 aliphatic carbocycles. The zero-order valence-corrected chi connectivity index (χ0v) is 12.3. The van der Waals surface area contributed by atoms with Crippen molar-refractivity contribution in [2.75, 3.05) is 45.8 Å². The molecule has 2 N–H and O–H groups in total. The number of anilines is 1. The Hall–Kier alpha value is -2.12. The van der Waals surface area contributed by atoms with E-state index < -0.39 is 0 Å². The van der Waals surface area contributed by atoms with E-state index in [0.717, 1.165) is 16.7 Å². The van der Waals surface area contributed by atoms with Crippen LogP contribution in [0, 0.1) is 0 Å². The lowest BCUT2D eigenvalue weighted by molar-refractivity contribution is 0.127. The number of benzene rings is 1. The number of hydrogen-bond acceptors (Lipinski definition) is 4. The van der Waals surface area contributed by atoms with Gasteiger partial charge < -0.3 is 24.7 Å². The molecule has 2 amide bonds. The predicted octanol–water partition coefficient (Wildman–Crippen LogP) is 1.69. The van der Waals surface area contributed by atoms with Crippen LogP contribution in [0.2, 0.25) is 0 Å². The number of amides is 2. The summed E-state index contributed by atoms with van der Waals surface area (Å²) in [5, 5.41) is 2.87. The summed E-state index contributed by atoms with van der Waals surface area (Å²) in [7, 11) is 3.22. The number of nitrogens with zero attached hydrogens (tertiary/aromatic N) is 2. The van der Waals surface area contributed by atoms with E-state index in [9.17, 15) is 4.79 Å². The lowest BCUT2D eigenvalue weighted by Crippen LogP contribution is -2.39. The van der Waals surface area contributed by atoms with Gasteiger partial charge in [-0.25, -0.2) is 9.78 Å². The van der Waals surface area contributed by atoms with Gasteiger partial charge in [-0.1, -0.05) is 0 Å². The SMILES string of the molecule is COCCN(CCOC)C(=O)Nc1ccc2nc[nH]c2c1. The van der Waals surface area contributed by atoms with Gasteiger partial charge in [-0.2, -0.15) is 0 Å². The van der Waals surface area contributed by atoms with Crippen molar-refractivity contribution >= 4 is 22.8 Å². The summed E-state index contributed by atoms with van der Waals surface area (Å²) < 4.78 is 10.0. The summed E-state index contributed by atoms with van der Waals surface area (Å²) in [5.74, 6) is 0. The number of aromatic amines is 1. The fraction of sp³-hybridized carbons (Fsp3) is 0.429. The van der Waals surface area contributed by atoms with Crippen molar-refractivity contribution in [3.63, 3.8) is 0 Å². The maximum Gasteiger partial charge on any atom is 0.322 e. The number of H-pyrrole nitrogens is 1. The van der Waals surface area contributed by atoms with Gasteiger partial charge in [0.15, 0.2) is 0 Å². The van der Waals surface area contributed by atoms with E-state index in [1.54, 1.807) is 25.4 Å². The molecule has 1 heterocycles. The average Bonchev–Trinajstić information content (AvgIpc) is 2.95. The molecule has 21 heavy (non-hydrogen) atoms. The topological polar surface area (TPSA) is 79.5 Å². The molecule has 7 nitrogen and oxygen atoms in total. The Morgan fingerprint density at radius 1 is 1.29 bits per heavy atom. The molecule has 0 aliphatic heterocycles. The maximum atomic E-state index is 12.3. The quantitative estimate of drug-likeness (QED) is 0.814. The molecular weight excluding hydrogens is 272 g/mol. The molecule has 7 heteroatoms. The largest absolute Gasteiger partial charge is 0.383 e. The Morgan fingerprint density at radius 2 is 2.00 bits per heavy atom. The second-order valence-corrected chi connectivity index (χ2v) is 4.54. The first-order chi connectivity index (χ1) is 10.2. The summed E-state index contributed by atoms with van der Waals surface area (Å²) in [6.45, 7) is 1.99. The van der Waals surface area contributed by atoms with Crippen LogP contribution < -0.4 is 5.32 Å². The number of carbonyl (C=O) groups excluding carboxylic acids is 1. The van der Waals surface area contributed by atoms with E-state index in [0.29, 0.717) is 26.3 Å². The molecule has 0 unspecified atom stereocenters. The molecule has 0 aliphatic rings. The monoisotopic (exact) mass is 292 g/mol. The third-order valence-corrected chi connectivity index (χ3v) is 3.09. The molecule has 0 radical (unpaired) electrons. The van der Waals surface area contributed by atoms with Gasteiger partial charge in [0, 0.05) is 33.0 Å². The molecule has 0 fully saturated rings. The third kappa shape index (κ3) is 4.17. The number of rotatable bonds is 7. The van der Waals surface area contributed by atoms with Gasteiger partial charge in [0.2, 0.25) is 0 Å². The second-order valence-electron chi connectivity index (χ2n) is 4.54. The van der Waals surface area contributed by atoms with Crippen LogP contribution in [0.15, 0.2) is 24.5 Å². The first kappa shape index (κ1) is 15.3. The molecule has 0 bridgehead atoms. The number of imidazole rings is 1. The number of carbonyl (C=O) groups is 1. The van der Waals surface area contributed by atoms with Crippen molar-refractivity contribution in [3.05, 3.63) is 24.5 Å². The molecule has 0 atom stereocenters. The van der Waals surface area contributed by atoms with Crippen molar-refractivity contribution in [2.45, 2.75) is 0 Å². The predicted molar refractivity (Wildman–Crippen MR) is 80.4 cm³/mol. The van der Waals surface area contributed by atoms with Crippen molar-refractivity contribution in [1.29, 1.82) is 0 Å². The number of nitrogens with one attached hydrogen (secondary N) is 2. The van der Waals surface area contributed by atoms with Crippen molar-refractivity contribution in [1.82, 2.24) is 14.9 Å². The Labute approximate surface area is 123 Å². The van der Waals surface area contributed by atoms with Crippen LogP contribution in [-0.4, -0.2) is 61.4 Å². The number of fused-ring (bicyclic) bond motifs is 1. The third-order valence-electron chi connectivity index (χ3n) is 3.09. The molecule has 2 rings (SSSR count). The van der Waals surface area contributed by atoms with Gasteiger partial charge in [-0.05, 0) is 18.2 Å². The molecular formula is C14H20N4O3. The van der Waals surface area contributed by atoms with Crippen molar-refractivity contribution < 1.29 is 14.3 Å². The van der Waals surface area contributed by atoms with Crippen LogP contribution in [0.4, 0.5) is 10.5 Å². The molecule has 0 spiro atoms. The van der Waals surface area contributed by atoms with Gasteiger partial charge in [-0.15, -0.1) is 0 Å². The summed E-state index contributed by atoms with van der Waals surface area (Å²) in [6.07, 6.45) is 1.62. The van der Waals surface area contributed by atoms with Gasteiger partial charge in [-0.3, -0.25) is 0 Å². The van der Waals surface area contributed by atoms with Crippen LogP contribution in [0.3, 0.4) is 0 Å². The number of urea groups is 1. The van der Waals surface area contributed by atoms with Crippen molar-refractivity contribution in [3.8, 4) is 0 Å². The molecule has 2 aromatic rings. The highest BCUT2D eigenvalue weighted by molar-refractivity contribution is 5.91. The standard InChI is InChI=1S/C14H20N4O3/c1-20-7-5-18(6-8-21-2)14(19)17-11-3-4-12-13(9-11)16-10-15-12/h3-4,9-10H,5-8H2,1-2H3,(H,15,16)(H,17,19). The number of hydrogen-bond donors (Lipinski definition) is 2. The lowest BCUT2D eigenvalue weighted by Gasteiger charge is -2.22. The van der Waals surface area contributed by atoms with Gasteiger partial charge in [0.25, 0.3) is 0 Å². The van der Waals surface area contributed by atoms with E-state index in [1.165, 1.54) is 0 Å². The van der Waals surface area contributed by atoms with Crippen LogP contribution in [0.1, 0.15) is 0 Å². The molecule has 1 aromatic heterocycles. The molecule has 0 saturated carbocycles. The van der Waals surface area contributed by atoms with Gasteiger partial charge >= 0.3 is 6.03 Å². The van der Waals surface area contributed by atoms with E-state index >= 15 is 0 Å². The van der Waals surface area contributed by atoms with E-state index in [-0.39, 0.29) is 6.03 Å². The first-order valence-electron chi connectivity index (χ1n) is 6.71. The molecule has 0 saturated heterocycles. The minimum Gasteiger partial charge on any atom is -0.383 e. The fourth-order valence-electron chi connectivity index (χ4n) is 1.93. The highest BCUT2D eigenvalue weighted by atomic mass is 16.5. The minimum absolute atomic E-state index is 0.178. The smallest absolute Gasteiger partial charge is 0.322 e. The number of methoxy groups -OCH3 is 2. The Kier molecular flexibility index (Phi) is 5.53. The molecule has 1 aromatic carbocycles. The summed E-state index contributed by atoms with van der Waals surface area (Å²) in [6, 6.07) is 5.36. The fourth-order valence-corrected chi connectivity index (χ4v) is 1.93. The summed E-state index contributed by atoms with van der Waals surface area (Å²) in [5.41, 5.74) is 2.47. The van der Waals surface area contributed by atoms with Gasteiger partial charge in [0.05, 0.1) is 30.6 Å². The number of aromatic nitrogens is 2.